The Morgan fingerprint density at radius 2 is 1.85 bits per heavy atom. The molecule has 1 atom stereocenters. The molecule has 0 radical (unpaired) electrons. The lowest BCUT2D eigenvalue weighted by Crippen LogP contribution is -2.47. The number of benzene rings is 1. The first-order valence-electron chi connectivity index (χ1n) is 8.65. The van der Waals surface area contributed by atoms with Crippen LogP contribution in [-0.2, 0) is 14.8 Å². The number of hydrogen-bond donors (Lipinski definition) is 4. The van der Waals surface area contributed by atoms with E-state index in [1.54, 1.807) is 13.0 Å². The molecule has 0 aromatic heterocycles. The van der Waals surface area contributed by atoms with Crippen LogP contribution in [0.1, 0.15) is 31.7 Å². The highest BCUT2D eigenvalue weighted by atomic mass is 32.2. The fourth-order valence-corrected chi connectivity index (χ4v) is 4.19. The van der Waals surface area contributed by atoms with Crippen molar-refractivity contribution >= 4 is 27.7 Å². The van der Waals surface area contributed by atoms with E-state index < -0.39 is 34.2 Å². The maximum absolute atomic E-state index is 12.8. The minimum Gasteiger partial charge on any atom is -0.479 e. The second-order valence-corrected chi connectivity index (χ2v) is 8.77. The zero-order chi connectivity index (χ0) is 20.2. The third-order valence-corrected chi connectivity index (χ3v) is 6.36. The van der Waals surface area contributed by atoms with Gasteiger partial charge in [0.25, 0.3) is 0 Å². The van der Waals surface area contributed by atoms with Crippen LogP contribution in [0.3, 0.4) is 0 Å². The Morgan fingerprint density at radius 3 is 2.44 bits per heavy atom. The van der Waals surface area contributed by atoms with Gasteiger partial charge in [-0.3, -0.25) is 0 Å². The summed E-state index contributed by atoms with van der Waals surface area (Å²) in [5.41, 5.74) is -1.17. The number of piperidine rings is 1. The van der Waals surface area contributed by atoms with Crippen molar-refractivity contribution in [3.63, 3.8) is 0 Å². The van der Waals surface area contributed by atoms with E-state index in [-0.39, 0.29) is 4.90 Å². The number of carboxylic acids is 1. The van der Waals surface area contributed by atoms with Crippen molar-refractivity contribution in [2.24, 2.45) is 0 Å². The number of carboxylic acid groups (broad SMARTS) is 1. The number of hydrogen-bond acceptors (Lipinski definition) is 5. The summed E-state index contributed by atoms with van der Waals surface area (Å²) < 4.78 is 27.0. The predicted molar refractivity (Wildman–Crippen MR) is 99.1 cm³/mol. The van der Waals surface area contributed by atoms with Gasteiger partial charge in [0.05, 0.1) is 11.4 Å². The fraction of sp³-hybridized carbons (Fsp3) is 0.529. The molecule has 2 amide bonds. The van der Waals surface area contributed by atoms with Gasteiger partial charge in [-0.15, -0.1) is 0 Å². The number of nitrogens with one attached hydrogen (secondary N) is 2. The molecule has 1 heterocycles. The number of sulfonamides is 1. The quantitative estimate of drug-likeness (QED) is 0.566. The average Bonchev–Trinajstić information content (AvgIpc) is 2.62. The molecule has 0 saturated carbocycles. The topological polar surface area (TPSA) is 136 Å². The van der Waals surface area contributed by atoms with Crippen molar-refractivity contribution in [3.05, 3.63) is 23.8 Å². The minimum atomic E-state index is -3.64. The van der Waals surface area contributed by atoms with Gasteiger partial charge in [0.15, 0.2) is 5.60 Å². The van der Waals surface area contributed by atoms with Crippen molar-refractivity contribution < 1.29 is 28.2 Å². The summed E-state index contributed by atoms with van der Waals surface area (Å²) in [5, 5.41) is 23.2. The molecule has 1 aromatic carbocycles. The van der Waals surface area contributed by atoms with Crippen molar-refractivity contribution in [2.75, 3.05) is 25.0 Å². The van der Waals surface area contributed by atoms with Crippen LogP contribution in [0.15, 0.2) is 23.1 Å². The van der Waals surface area contributed by atoms with Crippen molar-refractivity contribution in [1.82, 2.24) is 9.62 Å². The number of aliphatic carboxylic acids is 1. The van der Waals surface area contributed by atoms with Crippen molar-refractivity contribution in [3.8, 4) is 0 Å². The van der Waals surface area contributed by atoms with Gasteiger partial charge in [-0.2, -0.15) is 4.31 Å². The average molecular weight is 399 g/mol. The number of carbonyl (C=O) groups excluding carboxylic acids is 1. The van der Waals surface area contributed by atoms with E-state index in [0.717, 1.165) is 26.2 Å². The molecule has 1 aromatic rings. The van der Waals surface area contributed by atoms with Gasteiger partial charge in [-0.1, -0.05) is 12.5 Å². The standard InChI is InChI=1S/C17H25N3O6S/c1-12-6-7-13(27(25,26)20-8-4-3-5-9-20)10-14(12)19-16(23)18-11-17(2,24)15(21)22/h6-7,10,24H,3-5,8-9,11H2,1-2H3,(H,21,22)(H2,18,19,23). The van der Waals surface area contributed by atoms with Gasteiger partial charge in [0.2, 0.25) is 10.0 Å². The number of aryl methyl sites for hydroxylation is 1. The molecule has 10 heteroatoms. The number of amides is 2. The lowest BCUT2D eigenvalue weighted by molar-refractivity contribution is -0.155. The molecule has 27 heavy (non-hydrogen) atoms. The lowest BCUT2D eigenvalue weighted by Gasteiger charge is -2.26. The van der Waals surface area contributed by atoms with E-state index >= 15 is 0 Å². The first kappa shape index (κ1) is 21.1. The third-order valence-electron chi connectivity index (χ3n) is 4.46. The van der Waals surface area contributed by atoms with Crippen LogP contribution in [0.5, 0.6) is 0 Å². The lowest BCUT2D eigenvalue weighted by atomic mass is 10.1. The van der Waals surface area contributed by atoms with Gasteiger partial charge in [0, 0.05) is 18.8 Å². The Hall–Kier alpha value is -2.17. The van der Waals surface area contributed by atoms with E-state index in [1.165, 1.54) is 16.4 Å². The van der Waals surface area contributed by atoms with E-state index in [4.69, 9.17) is 5.11 Å². The number of aliphatic hydroxyl groups is 1. The Balaban J connectivity index is 2.13. The highest BCUT2D eigenvalue weighted by Crippen LogP contribution is 2.25. The Bertz CT molecular complexity index is 816. The largest absolute Gasteiger partial charge is 0.479 e. The maximum Gasteiger partial charge on any atom is 0.337 e. The molecule has 0 bridgehead atoms. The molecule has 4 N–H and O–H groups in total. The number of nitrogens with zero attached hydrogens (tertiary/aromatic N) is 1. The van der Waals surface area contributed by atoms with Crippen molar-refractivity contribution in [2.45, 2.75) is 43.6 Å². The SMILES string of the molecule is Cc1ccc(S(=O)(=O)N2CCCCC2)cc1NC(=O)NCC(C)(O)C(=O)O. The van der Waals surface area contributed by atoms with Crippen molar-refractivity contribution in [1.29, 1.82) is 0 Å². The zero-order valence-electron chi connectivity index (χ0n) is 15.4. The van der Waals surface area contributed by atoms with E-state index in [2.05, 4.69) is 10.6 Å². The normalized spacial score (nSPS) is 17.7. The predicted octanol–water partition coefficient (Wildman–Crippen LogP) is 1.13. The molecular weight excluding hydrogens is 374 g/mol. The molecular formula is C17H25N3O6S. The van der Waals surface area contributed by atoms with Crippen LogP contribution in [0.2, 0.25) is 0 Å². The summed E-state index contributed by atoms with van der Waals surface area (Å²) in [6.45, 7) is 3.22. The molecule has 9 nitrogen and oxygen atoms in total. The summed E-state index contributed by atoms with van der Waals surface area (Å²) >= 11 is 0. The van der Waals surface area contributed by atoms with Gasteiger partial charge in [0.1, 0.15) is 0 Å². The number of anilines is 1. The molecule has 1 aliphatic rings. The van der Waals surface area contributed by atoms with Crippen LogP contribution in [0, 0.1) is 6.92 Å². The first-order valence-corrected chi connectivity index (χ1v) is 10.1. The summed E-state index contributed by atoms with van der Waals surface area (Å²) in [6, 6.07) is 3.73. The molecule has 2 rings (SSSR count). The highest BCUT2D eigenvalue weighted by molar-refractivity contribution is 7.89. The summed E-state index contributed by atoms with van der Waals surface area (Å²) in [7, 11) is -3.64. The van der Waals surface area contributed by atoms with Gasteiger partial charge < -0.3 is 20.8 Å². The Labute approximate surface area is 158 Å². The summed E-state index contributed by atoms with van der Waals surface area (Å²) in [4.78, 5) is 23.0. The van der Waals surface area contributed by atoms with Crippen LogP contribution < -0.4 is 10.6 Å². The third kappa shape index (κ3) is 5.18. The van der Waals surface area contributed by atoms with Crippen LogP contribution in [0.25, 0.3) is 0 Å². The van der Waals surface area contributed by atoms with Gasteiger partial charge >= 0.3 is 12.0 Å². The summed E-state index contributed by atoms with van der Waals surface area (Å²) in [6.07, 6.45) is 2.65. The maximum atomic E-state index is 12.8. The minimum absolute atomic E-state index is 0.0860. The van der Waals surface area contributed by atoms with Gasteiger partial charge in [-0.25, -0.2) is 18.0 Å². The molecule has 0 aliphatic carbocycles. The van der Waals surface area contributed by atoms with E-state index in [9.17, 15) is 23.1 Å². The monoisotopic (exact) mass is 399 g/mol. The van der Waals surface area contributed by atoms with Crippen LogP contribution in [-0.4, -0.2) is 60.2 Å². The molecule has 1 aliphatic heterocycles. The van der Waals surface area contributed by atoms with Crippen LogP contribution in [0.4, 0.5) is 10.5 Å². The van der Waals surface area contributed by atoms with E-state index in [1.807, 2.05) is 0 Å². The number of urea groups is 1. The molecule has 1 unspecified atom stereocenters. The number of rotatable bonds is 6. The first-order chi connectivity index (χ1) is 12.5. The molecule has 0 spiro atoms. The fourth-order valence-electron chi connectivity index (χ4n) is 2.65. The number of carbonyl (C=O) groups is 2. The molecule has 1 saturated heterocycles. The zero-order valence-corrected chi connectivity index (χ0v) is 16.2. The molecule has 1 fully saturated rings. The van der Waals surface area contributed by atoms with E-state index in [0.29, 0.717) is 24.3 Å². The second kappa shape index (κ2) is 8.24. The second-order valence-electron chi connectivity index (χ2n) is 6.83. The Kier molecular flexibility index (Phi) is 6.45. The summed E-state index contributed by atoms with van der Waals surface area (Å²) in [5.74, 6) is -1.46. The van der Waals surface area contributed by atoms with Gasteiger partial charge in [-0.05, 0) is 44.4 Å². The highest BCUT2D eigenvalue weighted by Gasteiger charge is 2.30. The smallest absolute Gasteiger partial charge is 0.337 e. The molecule has 150 valence electrons. The van der Waals surface area contributed by atoms with Crippen LogP contribution >= 0.6 is 0 Å². The Morgan fingerprint density at radius 1 is 1.22 bits per heavy atom.